The molecular weight excluding hydrogens is 256 g/mol. The topological polar surface area (TPSA) is 45.8 Å². The van der Waals surface area contributed by atoms with Gasteiger partial charge in [0.2, 0.25) is 0 Å². The number of halogens is 1. The van der Waals surface area contributed by atoms with Gasteiger partial charge in [-0.2, -0.15) is 0 Å². The Kier molecular flexibility index (Phi) is 5.02. The van der Waals surface area contributed by atoms with Gasteiger partial charge in [-0.3, -0.25) is 4.79 Å². The highest BCUT2D eigenvalue weighted by atomic mass is 79.9. The van der Waals surface area contributed by atoms with Gasteiger partial charge in [0.15, 0.2) is 0 Å². The number of rotatable bonds is 5. The SMILES string of the molecule is CCCCc1nc(CCC)c(Br)c(=O)[nH]1. The van der Waals surface area contributed by atoms with E-state index >= 15 is 0 Å². The van der Waals surface area contributed by atoms with E-state index in [1.54, 1.807) is 0 Å². The summed E-state index contributed by atoms with van der Waals surface area (Å²) in [5, 5.41) is 0. The second-order valence-electron chi connectivity index (χ2n) is 3.63. The molecule has 1 heterocycles. The predicted molar refractivity (Wildman–Crippen MR) is 65.2 cm³/mol. The van der Waals surface area contributed by atoms with Crippen molar-refractivity contribution < 1.29 is 0 Å². The van der Waals surface area contributed by atoms with Gasteiger partial charge in [0, 0.05) is 6.42 Å². The molecule has 0 spiro atoms. The largest absolute Gasteiger partial charge is 0.310 e. The molecule has 84 valence electrons. The molecule has 1 aromatic rings. The van der Waals surface area contributed by atoms with Gasteiger partial charge in [0.25, 0.3) is 5.56 Å². The molecule has 1 aromatic heterocycles. The van der Waals surface area contributed by atoms with Crippen LogP contribution in [0.5, 0.6) is 0 Å². The smallest absolute Gasteiger partial charge is 0.265 e. The van der Waals surface area contributed by atoms with Crippen LogP contribution >= 0.6 is 15.9 Å². The fraction of sp³-hybridized carbons (Fsp3) is 0.636. The van der Waals surface area contributed by atoms with Crippen molar-refractivity contribution in [2.75, 3.05) is 0 Å². The Morgan fingerprint density at radius 1 is 1.27 bits per heavy atom. The van der Waals surface area contributed by atoms with Crippen molar-refractivity contribution in [3.63, 3.8) is 0 Å². The van der Waals surface area contributed by atoms with Crippen LogP contribution in [-0.4, -0.2) is 9.97 Å². The molecule has 15 heavy (non-hydrogen) atoms. The Labute approximate surface area is 98.5 Å². The van der Waals surface area contributed by atoms with E-state index in [1.807, 2.05) is 0 Å². The summed E-state index contributed by atoms with van der Waals surface area (Å²) in [4.78, 5) is 18.8. The van der Waals surface area contributed by atoms with E-state index < -0.39 is 0 Å². The summed E-state index contributed by atoms with van der Waals surface area (Å²) in [6.45, 7) is 4.21. The highest BCUT2D eigenvalue weighted by Gasteiger charge is 2.07. The fourth-order valence-corrected chi connectivity index (χ4v) is 1.81. The monoisotopic (exact) mass is 272 g/mol. The molecule has 0 radical (unpaired) electrons. The molecule has 0 saturated carbocycles. The van der Waals surface area contributed by atoms with Crippen LogP contribution in [-0.2, 0) is 12.8 Å². The van der Waals surface area contributed by atoms with E-state index in [2.05, 4.69) is 39.7 Å². The molecule has 1 rings (SSSR count). The lowest BCUT2D eigenvalue weighted by atomic mass is 10.2. The number of nitrogens with one attached hydrogen (secondary N) is 1. The van der Waals surface area contributed by atoms with Crippen molar-refractivity contribution in [2.45, 2.75) is 46.0 Å². The maximum Gasteiger partial charge on any atom is 0.265 e. The maximum atomic E-state index is 11.6. The average Bonchev–Trinajstić information content (AvgIpc) is 2.22. The lowest BCUT2D eigenvalue weighted by Crippen LogP contribution is -2.15. The first kappa shape index (κ1) is 12.4. The summed E-state index contributed by atoms with van der Waals surface area (Å²) in [7, 11) is 0. The average molecular weight is 273 g/mol. The van der Waals surface area contributed by atoms with Crippen molar-refractivity contribution >= 4 is 15.9 Å². The van der Waals surface area contributed by atoms with Crippen LogP contribution in [0.2, 0.25) is 0 Å². The number of nitrogens with zero attached hydrogens (tertiary/aromatic N) is 1. The highest BCUT2D eigenvalue weighted by molar-refractivity contribution is 9.10. The molecule has 3 nitrogen and oxygen atoms in total. The third-order valence-corrected chi connectivity index (χ3v) is 3.05. The molecule has 4 heteroatoms. The van der Waals surface area contributed by atoms with Gasteiger partial charge in [0.1, 0.15) is 10.3 Å². The minimum atomic E-state index is -0.0560. The van der Waals surface area contributed by atoms with E-state index in [0.29, 0.717) is 4.47 Å². The first-order chi connectivity index (χ1) is 7.19. The van der Waals surface area contributed by atoms with Crippen LogP contribution in [0.25, 0.3) is 0 Å². The first-order valence-electron chi connectivity index (χ1n) is 5.46. The van der Waals surface area contributed by atoms with E-state index in [0.717, 1.165) is 43.6 Å². The lowest BCUT2D eigenvalue weighted by molar-refractivity contribution is 0.729. The van der Waals surface area contributed by atoms with Gasteiger partial charge in [-0.1, -0.05) is 26.7 Å². The van der Waals surface area contributed by atoms with Crippen LogP contribution in [0.3, 0.4) is 0 Å². The minimum absolute atomic E-state index is 0.0560. The highest BCUT2D eigenvalue weighted by Crippen LogP contribution is 2.11. The minimum Gasteiger partial charge on any atom is -0.310 e. The lowest BCUT2D eigenvalue weighted by Gasteiger charge is -2.05. The van der Waals surface area contributed by atoms with Gasteiger partial charge in [-0.25, -0.2) is 4.98 Å². The van der Waals surface area contributed by atoms with Crippen LogP contribution in [0.1, 0.15) is 44.6 Å². The first-order valence-corrected chi connectivity index (χ1v) is 6.25. The molecule has 0 bridgehead atoms. The van der Waals surface area contributed by atoms with Crippen LogP contribution in [0.4, 0.5) is 0 Å². The van der Waals surface area contributed by atoms with Gasteiger partial charge in [-0.05, 0) is 28.8 Å². The predicted octanol–water partition coefficient (Wildman–Crippen LogP) is 2.83. The van der Waals surface area contributed by atoms with Gasteiger partial charge >= 0.3 is 0 Å². The number of aryl methyl sites for hydroxylation is 2. The van der Waals surface area contributed by atoms with Crippen molar-refractivity contribution in [2.24, 2.45) is 0 Å². The van der Waals surface area contributed by atoms with E-state index in [1.165, 1.54) is 0 Å². The van der Waals surface area contributed by atoms with Gasteiger partial charge in [-0.15, -0.1) is 0 Å². The van der Waals surface area contributed by atoms with Crippen LogP contribution < -0.4 is 5.56 Å². The number of unbranched alkanes of at least 4 members (excludes halogenated alkanes) is 1. The molecule has 0 saturated heterocycles. The number of H-pyrrole nitrogens is 1. The summed E-state index contributed by atoms with van der Waals surface area (Å²) in [6.07, 6.45) is 4.89. The second-order valence-corrected chi connectivity index (χ2v) is 4.42. The van der Waals surface area contributed by atoms with Crippen molar-refractivity contribution in [1.29, 1.82) is 0 Å². The standard InChI is InChI=1S/C11H17BrN2O/c1-3-5-7-9-13-8(6-4-2)10(12)11(15)14-9/h3-7H2,1-2H3,(H,13,14,15). The third kappa shape index (κ3) is 3.45. The van der Waals surface area contributed by atoms with E-state index in [4.69, 9.17) is 0 Å². The quantitative estimate of drug-likeness (QED) is 0.896. The molecule has 0 atom stereocenters. The van der Waals surface area contributed by atoms with Gasteiger partial charge < -0.3 is 4.98 Å². The van der Waals surface area contributed by atoms with Crippen LogP contribution in [0.15, 0.2) is 9.27 Å². The van der Waals surface area contributed by atoms with Crippen molar-refractivity contribution in [1.82, 2.24) is 9.97 Å². The Morgan fingerprint density at radius 2 is 2.00 bits per heavy atom. The number of aromatic nitrogens is 2. The summed E-state index contributed by atoms with van der Waals surface area (Å²) in [5.41, 5.74) is 0.826. The second kappa shape index (κ2) is 6.05. The van der Waals surface area contributed by atoms with E-state index in [9.17, 15) is 4.79 Å². The molecule has 0 aromatic carbocycles. The zero-order valence-electron chi connectivity index (χ0n) is 9.27. The molecule has 0 aliphatic rings. The zero-order valence-corrected chi connectivity index (χ0v) is 10.9. The summed E-state index contributed by atoms with van der Waals surface area (Å²) >= 11 is 3.28. The summed E-state index contributed by atoms with van der Waals surface area (Å²) < 4.78 is 0.588. The Balaban J connectivity index is 2.95. The maximum absolute atomic E-state index is 11.6. The Bertz CT molecular complexity index is 373. The van der Waals surface area contributed by atoms with E-state index in [-0.39, 0.29) is 5.56 Å². The number of hydrogen-bond donors (Lipinski definition) is 1. The zero-order chi connectivity index (χ0) is 11.3. The van der Waals surface area contributed by atoms with Crippen molar-refractivity contribution in [3.8, 4) is 0 Å². The molecule has 0 aliphatic heterocycles. The summed E-state index contributed by atoms with van der Waals surface area (Å²) in [6, 6.07) is 0. The third-order valence-electron chi connectivity index (χ3n) is 2.23. The molecule has 0 unspecified atom stereocenters. The van der Waals surface area contributed by atoms with Gasteiger partial charge in [0.05, 0.1) is 5.69 Å². The molecule has 0 fully saturated rings. The molecule has 1 N–H and O–H groups in total. The summed E-state index contributed by atoms with van der Waals surface area (Å²) in [5.74, 6) is 0.813. The fourth-order valence-electron chi connectivity index (χ4n) is 1.42. The molecule has 0 aliphatic carbocycles. The number of hydrogen-bond acceptors (Lipinski definition) is 2. The Morgan fingerprint density at radius 3 is 2.60 bits per heavy atom. The molecular formula is C11H17BrN2O. The normalized spacial score (nSPS) is 10.6. The Hall–Kier alpha value is -0.640. The molecule has 0 amide bonds. The van der Waals surface area contributed by atoms with Crippen LogP contribution in [0, 0.1) is 0 Å². The number of aromatic amines is 1. The van der Waals surface area contributed by atoms with Crippen molar-refractivity contribution in [3.05, 3.63) is 26.3 Å².